The molecule has 0 unspecified atom stereocenters. The summed E-state index contributed by atoms with van der Waals surface area (Å²) in [4.78, 5) is 7.75. The Hall–Kier alpha value is -3.11. The average molecular weight is 426 g/mol. The van der Waals surface area contributed by atoms with Gasteiger partial charge in [0.25, 0.3) is 0 Å². The van der Waals surface area contributed by atoms with E-state index < -0.39 is 0 Å². The van der Waals surface area contributed by atoms with Crippen molar-refractivity contribution >= 4 is 5.52 Å². The largest absolute Gasteiger partial charge is 0.494 e. The summed E-state index contributed by atoms with van der Waals surface area (Å²) in [6.07, 6.45) is 5.54. The number of hydrogen-bond donors (Lipinski definition) is 0. The van der Waals surface area contributed by atoms with Crippen LogP contribution in [-0.4, -0.2) is 40.5 Å². The van der Waals surface area contributed by atoms with Crippen LogP contribution in [0.1, 0.15) is 36.6 Å². The summed E-state index contributed by atoms with van der Waals surface area (Å²) in [5.74, 6) is 2.67. The second-order valence-electron chi connectivity index (χ2n) is 8.77. The highest BCUT2D eigenvalue weighted by molar-refractivity contribution is 5.78. The number of para-hydroxylation sites is 1. The van der Waals surface area contributed by atoms with Crippen molar-refractivity contribution in [3.8, 4) is 17.0 Å². The molecular formula is C28H31N3O. The highest BCUT2D eigenvalue weighted by Gasteiger charge is 2.25. The molecule has 0 aliphatic carbocycles. The number of ether oxygens (including phenoxy) is 1. The van der Waals surface area contributed by atoms with E-state index in [1.54, 1.807) is 0 Å². The fourth-order valence-corrected chi connectivity index (χ4v) is 4.76. The first-order valence-corrected chi connectivity index (χ1v) is 11.7. The lowest BCUT2D eigenvalue weighted by Crippen LogP contribution is -2.34. The number of nitrogens with zero attached hydrogens (tertiary/aromatic N) is 3. The van der Waals surface area contributed by atoms with Crippen LogP contribution >= 0.6 is 0 Å². The lowest BCUT2D eigenvalue weighted by atomic mass is 9.96. The number of imidazole rings is 1. The van der Waals surface area contributed by atoms with Crippen LogP contribution < -0.4 is 4.74 Å². The topological polar surface area (TPSA) is 29.8 Å². The van der Waals surface area contributed by atoms with E-state index in [0.29, 0.717) is 5.92 Å². The molecule has 4 heteroatoms. The minimum atomic E-state index is 0.500. The van der Waals surface area contributed by atoms with Gasteiger partial charge in [0, 0.05) is 24.2 Å². The van der Waals surface area contributed by atoms with E-state index in [4.69, 9.17) is 9.72 Å². The third kappa shape index (κ3) is 4.56. The monoisotopic (exact) mass is 425 g/mol. The molecule has 164 valence electrons. The second kappa shape index (κ2) is 9.58. The summed E-state index contributed by atoms with van der Waals surface area (Å²) < 4.78 is 8.16. The average Bonchev–Trinajstić information content (AvgIpc) is 3.23. The van der Waals surface area contributed by atoms with Gasteiger partial charge in [-0.3, -0.25) is 0 Å². The molecule has 3 heterocycles. The Labute approximate surface area is 190 Å². The molecule has 1 saturated heterocycles. The Kier molecular flexibility index (Phi) is 6.22. The smallest absolute Gasteiger partial charge is 0.119 e. The molecule has 4 aromatic rings. The number of rotatable bonds is 7. The van der Waals surface area contributed by atoms with Gasteiger partial charge in [0.15, 0.2) is 0 Å². The zero-order chi connectivity index (χ0) is 21.8. The van der Waals surface area contributed by atoms with Gasteiger partial charge >= 0.3 is 0 Å². The highest BCUT2D eigenvalue weighted by atomic mass is 16.5. The van der Waals surface area contributed by atoms with Gasteiger partial charge in [-0.1, -0.05) is 48.0 Å². The predicted molar refractivity (Wildman–Crippen MR) is 130 cm³/mol. The second-order valence-corrected chi connectivity index (χ2v) is 8.77. The van der Waals surface area contributed by atoms with Gasteiger partial charge in [0.05, 0.1) is 17.8 Å². The lowest BCUT2D eigenvalue weighted by molar-refractivity contribution is 0.190. The minimum absolute atomic E-state index is 0.500. The predicted octanol–water partition coefficient (Wildman–Crippen LogP) is 5.96. The van der Waals surface area contributed by atoms with Crippen molar-refractivity contribution in [2.24, 2.45) is 0 Å². The maximum absolute atomic E-state index is 5.85. The van der Waals surface area contributed by atoms with E-state index in [-0.39, 0.29) is 0 Å². The van der Waals surface area contributed by atoms with Crippen LogP contribution in [0, 0.1) is 6.92 Å². The third-order valence-electron chi connectivity index (χ3n) is 6.45. The number of aromatic nitrogens is 2. The Morgan fingerprint density at radius 3 is 2.56 bits per heavy atom. The van der Waals surface area contributed by atoms with Gasteiger partial charge in [0.1, 0.15) is 11.6 Å². The highest BCUT2D eigenvalue weighted by Crippen LogP contribution is 2.33. The van der Waals surface area contributed by atoms with E-state index in [1.807, 2.05) is 30.3 Å². The van der Waals surface area contributed by atoms with Crippen LogP contribution in [0.25, 0.3) is 16.8 Å². The van der Waals surface area contributed by atoms with Crippen molar-refractivity contribution in [1.82, 2.24) is 14.3 Å². The number of aryl methyl sites for hydroxylation is 1. The SMILES string of the molecule is Cc1cccc(-c2nc(C3CCN(CCCOc4ccccc4)CC3)n3ccccc23)c1. The number of fused-ring (bicyclic) bond motifs is 1. The van der Waals surface area contributed by atoms with Crippen molar-refractivity contribution in [2.45, 2.75) is 32.1 Å². The molecule has 5 rings (SSSR count). The van der Waals surface area contributed by atoms with Crippen molar-refractivity contribution in [3.05, 3.63) is 90.4 Å². The molecule has 0 saturated carbocycles. The fourth-order valence-electron chi connectivity index (χ4n) is 4.76. The van der Waals surface area contributed by atoms with Crippen LogP contribution in [0.3, 0.4) is 0 Å². The van der Waals surface area contributed by atoms with Gasteiger partial charge in [-0.15, -0.1) is 0 Å². The van der Waals surface area contributed by atoms with E-state index in [2.05, 4.69) is 64.9 Å². The Morgan fingerprint density at radius 1 is 0.938 bits per heavy atom. The summed E-state index contributed by atoms with van der Waals surface area (Å²) in [5, 5.41) is 0. The third-order valence-corrected chi connectivity index (χ3v) is 6.45. The lowest BCUT2D eigenvalue weighted by Gasteiger charge is -2.31. The molecule has 1 fully saturated rings. The molecule has 4 nitrogen and oxygen atoms in total. The van der Waals surface area contributed by atoms with Gasteiger partial charge in [-0.2, -0.15) is 0 Å². The van der Waals surface area contributed by atoms with Crippen molar-refractivity contribution < 1.29 is 4.74 Å². The molecule has 0 bridgehead atoms. The molecule has 1 aliphatic heterocycles. The number of pyridine rings is 1. The molecule has 0 N–H and O–H groups in total. The summed E-state index contributed by atoms with van der Waals surface area (Å²) in [6.45, 7) is 6.25. The molecular weight excluding hydrogens is 394 g/mol. The van der Waals surface area contributed by atoms with Gasteiger partial charge in [-0.25, -0.2) is 4.98 Å². The summed E-state index contributed by atoms with van der Waals surface area (Å²) in [5.41, 5.74) is 4.78. The van der Waals surface area contributed by atoms with Gasteiger partial charge < -0.3 is 14.0 Å². The quantitative estimate of drug-likeness (QED) is 0.342. The maximum Gasteiger partial charge on any atom is 0.119 e. The van der Waals surface area contributed by atoms with Crippen LogP contribution in [0.5, 0.6) is 5.75 Å². The van der Waals surface area contributed by atoms with Crippen LogP contribution in [0.4, 0.5) is 0 Å². The van der Waals surface area contributed by atoms with E-state index in [9.17, 15) is 0 Å². The Bertz CT molecular complexity index is 1160. The maximum atomic E-state index is 5.85. The molecule has 0 radical (unpaired) electrons. The molecule has 0 atom stereocenters. The van der Waals surface area contributed by atoms with E-state index in [0.717, 1.165) is 56.9 Å². The Balaban J connectivity index is 1.22. The summed E-state index contributed by atoms with van der Waals surface area (Å²) in [6, 6.07) is 25.2. The first-order chi connectivity index (χ1) is 15.8. The molecule has 1 aliphatic rings. The molecule has 0 amide bonds. The zero-order valence-electron chi connectivity index (χ0n) is 18.8. The first-order valence-electron chi connectivity index (χ1n) is 11.7. The Morgan fingerprint density at radius 2 is 1.75 bits per heavy atom. The zero-order valence-corrected chi connectivity index (χ0v) is 18.8. The van der Waals surface area contributed by atoms with Crippen LogP contribution in [0.2, 0.25) is 0 Å². The van der Waals surface area contributed by atoms with E-state index >= 15 is 0 Å². The fraction of sp³-hybridized carbons (Fsp3) is 0.321. The number of hydrogen-bond acceptors (Lipinski definition) is 3. The van der Waals surface area contributed by atoms with E-state index in [1.165, 1.54) is 22.5 Å². The standard InChI is InChI=1S/C28H31N3O/c1-22-9-7-10-24(21-22)27-26-13-5-6-17-31(26)28(29-27)23-14-18-30(19-15-23)16-8-20-32-25-11-3-2-4-12-25/h2-7,9-13,17,21,23H,8,14-16,18-20H2,1H3. The van der Waals surface area contributed by atoms with Crippen molar-refractivity contribution in [1.29, 1.82) is 0 Å². The summed E-state index contributed by atoms with van der Waals surface area (Å²) in [7, 11) is 0. The van der Waals surface area contributed by atoms with Gasteiger partial charge in [-0.05, 0) is 69.6 Å². The molecule has 32 heavy (non-hydrogen) atoms. The molecule has 2 aromatic carbocycles. The minimum Gasteiger partial charge on any atom is -0.494 e. The normalized spacial score (nSPS) is 15.3. The van der Waals surface area contributed by atoms with Crippen LogP contribution in [-0.2, 0) is 0 Å². The number of likely N-dealkylation sites (tertiary alicyclic amines) is 1. The van der Waals surface area contributed by atoms with Crippen molar-refractivity contribution in [3.63, 3.8) is 0 Å². The number of piperidine rings is 1. The van der Waals surface area contributed by atoms with Gasteiger partial charge in [0.2, 0.25) is 0 Å². The van der Waals surface area contributed by atoms with Crippen LogP contribution in [0.15, 0.2) is 79.0 Å². The summed E-state index contributed by atoms with van der Waals surface area (Å²) >= 11 is 0. The number of benzene rings is 2. The molecule has 2 aromatic heterocycles. The van der Waals surface area contributed by atoms with Crippen molar-refractivity contribution in [2.75, 3.05) is 26.2 Å². The first kappa shape index (κ1) is 20.8. The molecule has 0 spiro atoms.